The number of ether oxygens (including phenoxy) is 1. The van der Waals surface area contributed by atoms with Crippen LogP contribution in [-0.4, -0.2) is 25.3 Å². The SMILES string of the molecule is CCCCCCNC(=O)Cc1cc(C(C)=O)ccc1OC. The van der Waals surface area contributed by atoms with Crippen molar-refractivity contribution in [1.82, 2.24) is 5.32 Å². The first-order valence-corrected chi connectivity index (χ1v) is 7.53. The molecule has 4 heteroatoms. The minimum Gasteiger partial charge on any atom is -0.496 e. The molecular weight excluding hydrogens is 266 g/mol. The first-order valence-electron chi connectivity index (χ1n) is 7.53. The first kappa shape index (κ1) is 17.2. The standard InChI is InChI=1S/C17H25NO3/c1-4-5-6-7-10-18-17(20)12-15-11-14(13(2)19)8-9-16(15)21-3/h8-9,11H,4-7,10,12H2,1-3H3,(H,18,20). The van der Waals surface area contributed by atoms with E-state index in [1.54, 1.807) is 25.3 Å². The average Bonchev–Trinajstić information content (AvgIpc) is 2.46. The van der Waals surface area contributed by atoms with Crippen LogP contribution < -0.4 is 10.1 Å². The van der Waals surface area contributed by atoms with Crippen molar-refractivity contribution in [3.8, 4) is 5.75 Å². The predicted molar refractivity (Wildman–Crippen MR) is 83.9 cm³/mol. The van der Waals surface area contributed by atoms with Gasteiger partial charge in [-0.15, -0.1) is 0 Å². The highest BCUT2D eigenvalue weighted by Gasteiger charge is 2.11. The molecule has 1 aromatic carbocycles. The Bertz CT molecular complexity index is 483. The first-order chi connectivity index (χ1) is 10.1. The summed E-state index contributed by atoms with van der Waals surface area (Å²) in [4.78, 5) is 23.4. The van der Waals surface area contributed by atoms with Gasteiger partial charge in [0.05, 0.1) is 13.5 Å². The topological polar surface area (TPSA) is 55.4 Å². The molecule has 0 bridgehead atoms. The van der Waals surface area contributed by atoms with Crippen molar-refractivity contribution in [2.45, 2.75) is 46.0 Å². The normalized spacial score (nSPS) is 10.2. The van der Waals surface area contributed by atoms with Crippen LogP contribution in [0.3, 0.4) is 0 Å². The molecule has 0 radical (unpaired) electrons. The van der Waals surface area contributed by atoms with Gasteiger partial charge in [0.15, 0.2) is 5.78 Å². The molecule has 0 fully saturated rings. The van der Waals surface area contributed by atoms with Gasteiger partial charge in [0, 0.05) is 17.7 Å². The highest BCUT2D eigenvalue weighted by molar-refractivity contribution is 5.94. The molecule has 1 rings (SSSR count). The maximum atomic E-state index is 11.9. The molecule has 0 atom stereocenters. The predicted octanol–water partition coefficient (Wildman–Crippen LogP) is 3.14. The molecule has 116 valence electrons. The summed E-state index contributed by atoms with van der Waals surface area (Å²) < 4.78 is 5.25. The van der Waals surface area contributed by atoms with Gasteiger partial charge >= 0.3 is 0 Å². The Morgan fingerprint density at radius 3 is 2.57 bits per heavy atom. The van der Waals surface area contributed by atoms with Gasteiger partial charge in [0.25, 0.3) is 0 Å². The Morgan fingerprint density at radius 2 is 1.95 bits per heavy atom. The number of rotatable bonds is 9. The van der Waals surface area contributed by atoms with Crippen LogP contribution in [0.4, 0.5) is 0 Å². The van der Waals surface area contributed by atoms with Crippen molar-refractivity contribution in [2.24, 2.45) is 0 Å². The van der Waals surface area contributed by atoms with Gasteiger partial charge in [0.1, 0.15) is 5.75 Å². The van der Waals surface area contributed by atoms with E-state index in [1.807, 2.05) is 0 Å². The highest BCUT2D eigenvalue weighted by Crippen LogP contribution is 2.20. The fraction of sp³-hybridized carbons (Fsp3) is 0.529. The molecule has 0 saturated carbocycles. The summed E-state index contributed by atoms with van der Waals surface area (Å²) in [5.41, 5.74) is 1.35. The lowest BCUT2D eigenvalue weighted by Gasteiger charge is -2.10. The smallest absolute Gasteiger partial charge is 0.224 e. The van der Waals surface area contributed by atoms with Gasteiger partial charge < -0.3 is 10.1 Å². The molecule has 21 heavy (non-hydrogen) atoms. The lowest BCUT2D eigenvalue weighted by molar-refractivity contribution is -0.120. The number of nitrogens with one attached hydrogen (secondary N) is 1. The Morgan fingerprint density at radius 1 is 1.19 bits per heavy atom. The summed E-state index contributed by atoms with van der Waals surface area (Å²) in [6.07, 6.45) is 4.76. The second kappa shape index (κ2) is 9.16. The summed E-state index contributed by atoms with van der Waals surface area (Å²) in [6.45, 7) is 4.37. The molecule has 0 aliphatic heterocycles. The summed E-state index contributed by atoms with van der Waals surface area (Å²) >= 11 is 0. The van der Waals surface area contributed by atoms with E-state index in [0.29, 0.717) is 17.9 Å². The van der Waals surface area contributed by atoms with Crippen LogP contribution in [0, 0.1) is 0 Å². The molecule has 0 aliphatic carbocycles. The molecule has 0 unspecified atom stereocenters. The fourth-order valence-corrected chi connectivity index (χ4v) is 2.15. The molecule has 0 aromatic heterocycles. The summed E-state index contributed by atoms with van der Waals surface area (Å²) in [6, 6.07) is 5.19. The van der Waals surface area contributed by atoms with Gasteiger partial charge in [-0.2, -0.15) is 0 Å². The summed E-state index contributed by atoms with van der Waals surface area (Å²) in [5, 5.41) is 2.91. The zero-order valence-electron chi connectivity index (χ0n) is 13.2. The Hall–Kier alpha value is -1.84. The van der Waals surface area contributed by atoms with Crippen LogP contribution in [0.2, 0.25) is 0 Å². The molecular formula is C17H25NO3. The monoisotopic (exact) mass is 291 g/mol. The molecule has 1 amide bonds. The Balaban J connectivity index is 2.57. The molecule has 1 N–H and O–H groups in total. The van der Waals surface area contributed by atoms with Gasteiger partial charge in [-0.25, -0.2) is 0 Å². The number of hydrogen-bond acceptors (Lipinski definition) is 3. The van der Waals surface area contributed by atoms with E-state index in [1.165, 1.54) is 19.8 Å². The van der Waals surface area contributed by atoms with E-state index in [4.69, 9.17) is 4.74 Å². The number of Topliss-reactive ketones (excluding diaryl/α,β-unsaturated/α-hetero) is 1. The van der Waals surface area contributed by atoms with Crippen molar-refractivity contribution in [2.75, 3.05) is 13.7 Å². The number of hydrogen-bond donors (Lipinski definition) is 1. The maximum absolute atomic E-state index is 11.9. The number of ketones is 1. The fourth-order valence-electron chi connectivity index (χ4n) is 2.15. The van der Waals surface area contributed by atoms with Gasteiger partial charge in [-0.05, 0) is 31.5 Å². The lowest BCUT2D eigenvalue weighted by atomic mass is 10.0. The van der Waals surface area contributed by atoms with E-state index < -0.39 is 0 Å². The van der Waals surface area contributed by atoms with Gasteiger partial charge in [-0.3, -0.25) is 9.59 Å². The van der Waals surface area contributed by atoms with E-state index in [0.717, 1.165) is 18.4 Å². The molecule has 0 aliphatic rings. The molecule has 0 saturated heterocycles. The van der Waals surface area contributed by atoms with Crippen LogP contribution in [0.5, 0.6) is 5.75 Å². The third-order valence-corrected chi connectivity index (χ3v) is 3.39. The minimum atomic E-state index is -0.0366. The highest BCUT2D eigenvalue weighted by atomic mass is 16.5. The average molecular weight is 291 g/mol. The summed E-state index contributed by atoms with van der Waals surface area (Å²) in [5.74, 6) is 0.588. The van der Waals surface area contributed by atoms with Crippen LogP contribution in [-0.2, 0) is 11.2 Å². The second-order valence-corrected chi connectivity index (χ2v) is 5.17. The minimum absolute atomic E-state index is 0.0149. The van der Waals surface area contributed by atoms with E-state index in [9.17, 15) is 9.59 Å². The van der Waals surface area contributed by atoms with E-state index in [2.05, 4.69) is 12.2 Å². The van der Waals surface area contributed by atoms with Crippen LogP contribution in [0.25, 0.3) is 0 Å². The third-order valence-electron chi connectivity index (χ3n) is 3.39. The number of carbonyl (C=O) groups excluding carboxylic acids is 2. The Labute approximate surface area is 126 Å². The van der Waals surface area contributed by atoms with E-state index >= 15 is 0 Å². The third kappa shape index (κ3) is 5.98. The van der Waals surface area contributed by atoms with Crippen LogP contribution in [0.15, 0.2) is 18.2 Å². The largest absolute Gasteiger partial charge is 0.496 e. The van der Waals surface area contributed by atoms with Gasteiger partial charge in [0.2, 0.25) is 5.91 Å². The van der Waals surface area contributed by atoms with Gasteiger partial charge in [-0.1, -0.05) is 26.2 Å². The molecule has 1 aromatic rings. The zero-order valence-corrected chi connectivity index (χ0v) is 13.2. The number of unbranched alkanes of at least 4 members (excludes halogenated alkanes) is 3. The second-order valence-electron chi connectivity index (χ2n) is 5.17. The Kier molecular flexibility index (Phi) is 7.51. The van der Waals surface area contributed by atoms with Crippen molar-refractivity contribution in [3.05, 3.63) is 29.3 Å². The molecule has 0 spiro atoms. The number of benzene rings is 1. The quantitative estimate of drug-likeness (QED) is 0.562. The van der Waals surface area contributed by atoms with Crippen LogP contribution >= 0.6 is 0 Å². The number of amides is 1. The van der Waals surface area contributed by atoms with Crippen molar-refractivity contribution in [1.29, 1.82) is 0 Å². The van der Waals surface area contributed by atoms with Crippen LogP contribution in [0.1, 0.15) is 55.5 Å². The lowest BCUT2D eigenvalue weighted by Crippen LogP contribution is -2.26. The maximum Gasteiger partial charge on any atom is 0.224 e. The molecule has 0 heterocycles. The zero-order chi connectivity index (χ0) is 15.7. The molecule has 4 nitrogen and oxygen atoms in total. The van der Waals surface area contributed by atoms with Crippen molar-refractivity contribution < 1.29 is 14.3 Å². The summed E-state index contributed by atoms with van der Waals surface area (Å²) in [7, 11) is 1.56. The van der Waals surface area contributed by atoms with Crippen molar-refractivity contribution >= 4 is 11.7 Å². The number of methoxy groups -OCH3 is 1. The number of carbonyl (C=O) groups is 2. The van der Waals surface area contributed by atoms with Crippen molar-refractivity contribution in [3.63, 3.8) is 0 Å². The van der Waals surface area contributed by atoms with E-state index in [-0.39, 0.29) is 18.1 Å².